The zero-order valence-electron chi connectivity index (χ0n) is 14.1. The van der Waals surface area contributed by atoms with Crippen LogP contribution in [0.2, 0.25) is 0 Å². The lowest BCUT2D eigenvalue weighted by Crippen LogP contribution is -2.27. The molecular formula is C17H19N5O4. The Morgan fingerprint density at radius 3 is 2.85 bits per heavy atom. The molecule has 9 nitrogen and oxygen atoms in total. The SMILES string of the molecule is N#C/C(=C/NCCCN1CCCC1=O)C(=O)Nc1ccccc1[N+](=O)[O-]. The standard InChI is InChI=1S/C17H19N5O4/c18-11-13(12-19-8-4-10-21-9-3-7-16(21)23)17(24)20-14-5-1-2-6-15(14)22(25)26/h1-2,5-6,12,19H,3-4,7-10H2,(H,20,24)/b13-12-. The van der Waals surface area contributed by atoms with Gasteiger partial charge in [0.25, 0.3) is 11.6 Å². The average Bonchev–Trinajstić information content (AvgIpc) is 3.03. The Hall–Kier alpha value is -3.41. The summed E-state index contributed by atoms with van der Waals surface area (Å²) in [4.78, 5) is 35.7. The summed E-state index contributed by atoms with van der Waals surface area (Å²) < 4.78 is 0. The molecule has 0 unspecified atom stereocenters. The molecule has 2 amide bonds. The van der Waals surface area contributed by atoms with Crippen molar-refractivity contribution in [2.45, 2.75) is 19.3 Å². The van der Waals surface area contributed by atoms with Gasteiger partial charge in [0, 0.05) is 38.3 Å². The third-order valence-electron chi connectivity index (χ3n) is 3.88. The van der Waals surface area contributed by atoms with E-state index < -0.39 is 10.8 Å². The molecule has 1 aromatic rings. The lowest BCUT2D eigenvalue weighted by atomic mass is 10.2. The third-order valence-corrected chi connectivity index (χ3v) is 3.88. The Balaban J connectivity index is 1.86. The van der Waals surface area contributed by atoms with Crippen molar-refractivity contribution in [3.05, 3.63) is 46.2 Å². The summed E-state index contributed by atoms with van der Waals surface area (Å²) in [7, 11) is 0. The van der Waals surface area contributed by atoms with Gasteiger partial charge in [0.2, 0.25) is 5.91 Å². The van der Waals surface area contributed by atoms with E-state index in [9.17, 15) is 19.7 Å². The largest absolute Gasteiger partial charge is 0.390 e. The van der Waals surface area contributed by atoms with Crippen LogP contribution in [0.25, 0.3) is 0 Å². The lowest BCUT2D eigenvalue weighted by Gasteiger charge is -2.14. The molecule has 1 aliphatic heterocycles. The zero-order chi connectivity index (χ0) is 18.9. The van der Waals surface area contributed by atoms with E-state index in [1.807, 2.05) is 0 Å². The minimum atomic E-state index is -0.732. The highest BCUT2D eigenvalue weighted by atomic mass is 16.6. The lowest BCUT2D eigenvalue weighted by molar-refractivity contribution is -0.383. The van der Waals surface area contributed by atoms with Gasteiger partial charge in [0.05, 0.1) is 4.92 Å². The molecule has 136 valence electrons. The van der Waals surface area contributed by atoms with Gasteiger partial charge in [-0.2, -0.15) is 5.26 Å². The highest BCUT2D eigenvalue weighted by Crippen LogP contribution is 2.23. The number of carbonyl (C=O) groups is 2. The molecule has 0 atom stereocenters. The molecule has 2 rings (SSSR count). The molecule has 9 heteroatoms. The van der Waals surface area contributed by atoms with Gasteiger partial charge in [-0.15, -0.1) is 0 Å². The number of rotatable bonds is 8. The topological polar surface area (TPSA) is 128 Å². The van der Waals surface area contributed by atoms with E-state index in [0.717, 1.165) is 13.0 Å². The second-order valence-corrected chi connectivity index (χ2v) is 5.69. The molecule has 0 saturated carbocycles. The molecule has 1 fully saturated rings. The summed E-state index contributed by atoms with van der Waals surface area (Å²) in [6.07, 6.45) is 3.44. The molecule has 0 aromatic heterocycles. The summed E-state index contributed by atoms with van der Waals surface area (Å²) in [5, 5.41) is 25.3. The number of nitro groups is 1. The van der Waals surface area contributed by atoms with Crippen molar-refractivity contribution in [2.75, 3.05) is 25.0 Å². The molecule has 26 heavy (non-hydrogen) atoms. The number of hydrogen-bond acceptors (Lipinski definition) is 6. The Morgan fingerprint density at radius 2 is 2.19 bits per heavy atom. The molecular weight excluding hydrogens is 338 g/mol. The first-order valence-electron chi connectivity index (χ1n) is 8.19. The van der Waals surface area contributed by atoms with Gasteiger partial charge in [0.15, 0.2) is 0 Å². The normalized spacial score (nSPS) is 14.0. The minimum Gasteiger partial charge on any atom is -0.390 e. The van der Waals surface area contributed by atoms with Crippen LogP contribution < -0.4 is 10.6 Å². The number of nitro benzene ring substituents is 1. The first-order valence-corrected chi connectivity index (χ1v) is 8.19. The number of likely N-dealkylation sites (tertiary alicyclic amines) is 1. The zero-order valence-corrected chi connectivity index (χ0v) is 14.1. The van der Waals surface area contributed by atoms with E-state index in [-0.39, 0.29) is 22.9 Å². The highest BCUT2D eigenvalue weighted by molar-refractivity contribution is 6.07. The second kappa shape index (κ2) is 9.17. The van der Waals surface area contributed by atoms with Crippen LogP contribution in [0, 0.1) is 21.4 Å². The van der Waals surface area contributed by atoms with E-state index in [1.165, 1.54) is 24.4 Å². The summed E-state index contributed by atoms with van der Waals surface area (Å²) in [5.74, 6) is -0.578. The minimum absolute atomic E-state index is 0.0243. The second-order valence-electron chi connectivity index (χ2n) is 5.69. The maximum Gasteiger partial charge on any atom is 0.292 e. The number of carbonyl (C=O) groups excluding carboxylic acids is 2. The first-order chi connectivity index (χ1) is 12.5. The molecule has 0 bridgehead atoms. The van der Waals surface area contributed by atoms with E-state index in [0.29, 0.717) is 25.9 Å². The monoisotopic (exact) mass is 357 g/mol. The molecule has 1 aliphatic rings. The summed E-state index contributed by atoms with van der Waals surface area (Å²) >= 11 is 0. The van der Waals surface area contributed by atoms with Crippen LogP contribution in [-0.4, -0.2) is 41.3 Å². The molecule has 0 radical (unpaired) electrons. The van der Waals surface area contributed by atoms with Gasteiger partial charge in [-0.05, 0) is 18.9 Å². The van der Waals surface area contributed by atoms with Crippen molar-refractivity contribution in [1.82, 2.24) is 10.2 Å². The number of amides is 2. The van der Waals surface area contributed by atoms with Crippen molar-refractivity contribution >= 4 is 23.2 Å². The van der Waals surface area contributed by atoms with Crippen molar-refractivity contribution < 1.29 is 14.5 Å². The Labute approximate surface area is 150 Å². The van der Waals surface area contributed by atoms with Crippen molar-refractivity contribution in [2.24, 2.45) is 0 Å². The first kappa shape index (κ1) is 18.9. The average molecular weight is 357 g/mol. The fourth-order valence-electron chi connectivity index (χ4n) is 2.56. The number of anilines is 1. The Bertz CT molecular complexity index is 769. The van der Waals surface area contributed by atoms with Crippen LogP contribution >= 0.6 is 0 Å². The molecule has 1 saturated heterocycles. The van der Waals surface area contributed by atoms with E-state index in [2.05, 4.69) is 10.6 Å². The summed E-state index contributed by atoms with van der Waals surface area (Å²) in [6, 6.07) is 7.46. The predicted octanol–water partition coefficient (Wildman–Crippen LogP) is 1.54. The van der Waals surface area contributed by atoms with Crippen molar-refractivity contribution in [1.29, 1.82) is 5.26 Å². The molecule has 0 spiro atoms. The van der Waals surface area contributed by atoms with Crippen LogP contribution in [-0.2, 0) is 9.59 Å². The van der Waals surface area contributed by atoms with Crippen LogP contribution in [0.1, 0.15) is 19.3 Å². The highest BCUT2D eigenvalue weighted by Gasteiger charge is 2.19. The van der Waals surface area contributed by atoms with Crippen molar-refractivity contribution in [3.8, 4) is 6.07 Å². The Kier molecular flexibility index (Phi) is 6.68. The van der Waals surface area contributed by atoms with E-state index in [4.69, 9.17) is 5.26 Å². The van der Waals surface area contributed by atoms with Crippen LogP contribution in [0.3, 0.4) is 0 Å². The van der Waals surface area contributed by atoms with E-state index >= 15 is 0 Å². The van der Waals surface area contributed by atoms with Gasteiger partial charge in [-0.3, -0.25) is 19.7 Å². The van der Waals surface area contributed by atoms with E-state index in [1.54, 1.807) is 17.0 Å². The maximum atomic E-state index is 12.1. The molecule has 2 N–H and O–H groups in total. The van der Waals surface area contributed by atoms with Gasteiger partial charge < -0.3 is 15.5 Å². The van der Waals surface area contributed by atoms with Gasteiger partial charge in [0.1, 0.15) is 17.3 Å². The number of nitrogens with zero attached hydrogens (tertiary/aromatic N) is 3. The van der Waals surface area contributed by atoms with Crippen LogP contribution in [0.5, 0.6) is 0 Å². The number of nitrogens with one attached hydrogen (secondary N) is 2. The number of benzene rings is 1. The van der Waals surface area contributed by atoms with Gasteiger partial charge in [-0.25, -0.2) is 0 Å². The Morgan fingerprint density at radius 1 is 1.42 bits per heavy atom. The number of hydrogen-bond donors (Lipinski definition) is 2. The van der Waals surface area contributed by atoms with Gasteiger partial charge >= 0.3 is 0 Å². The summed E-state index contributed by atoms with van der Waals surface area (Å²) in [5.41, 5.74) is -0.419. The number of nitriles is 1. The maximum absolute atomic E-state index is 12.1. The smallest absolute Gasteiger partial charge is 0.292 e. The number of para-hydroxylation sites is 2. The fraction of sp³-hybridized carbons (Fsp3) is 0.353. The molecule has 1 heterocycles. The van der Waals surface area contributed by atoms with Crippen LogP contribution in [0.15, 0.2) is 36.0 Å². The third kappa shape index (κ3) is 5.04. The van der Waals surface area contributed by atoms with Crippen molar-refractivity contribution in [3.63, 3.8) is 0 Å². The molecule has 0 aliphatic carbocycles. The fourth-order valence-corrected chi connectivity index (χ4v) is 2.56. The van der Waals surface area contributed by atoms with Crippen LogP contribution in [0.4, 0.5) is 11.4 Å². The quantitative estimate of drug-likeness (QED) is 0.239. The molecule has 1 aromatic carbocycles. The summed E-state index contributed by atoms with van der Waals surface area (Å²) in [6.45, 7) is 1.90. The predicted molar refractivity (Wildman–Crippen MR) is 93.9 cm³/mol. The van der Waals surface area contributed by atoms with Gasteiger partial charge in [-0.1, -0.05) is 12.1 Å².